The van der Waals surface area contributed by atoms with Gasteiger partial charge in [0, 0.05) is 12.7 Å². The minimum Gasteiger partial charge on any atom is -0.481 e. The number of aliphatic carboxylic acids is 3. The van der Waals surface area contributed by atoms with Crippen molar-refractivity contribution in [1.82, 2.24) is 5.32 Å². The molecule has 114 valence electrons. The van der Waals surface area contributed by atoms with Crippen LogP contribution >= 0.6 is 11.8 Å². The third-order valence-electron chi connectivity index (χ3n) is 2.85. The number of nitrogens with one attached hydrogen (secondary N) is 1. The van der Waals surface area contributed by atoms with E-state index >= 15 is 0 Å². The molecule has 1 amide bonds. The second-order valence-corrected chi connectivity index (χ2v) is 5.84. The second-order valence-electron chi connectivity index (χ2n) is 4.37. The van der Waals surface area contributed by atoms with Crippen LogP contribution < -0.4 is 5.32 Å². The Labute approximate surface area is 119 Å². The summed E-state index contributed by atoms with van der Waals surface area (Å²) in [5, 5.41) is 29.2. The van der Waals surface area contributed by atoms with Gasteiger partial charge in [0.25, 0.3) is 0 Å². The maximum atomic E-state index is 11.3. The third kappa shape index (κ3) is 4.72. The normalized spacial score (nSPS) is 16.6. The van der Waals surface area contributed by atoms with Crippen LogP contribution in [0.2, 0.25) is 0 Å². The van der Waals surface area contributed by atoms with Gasteiger partial charge < -0.3 is 20.6 Å². The minimum absolute atomic E-state index is 0.255. The maximum Gasteiger partial charge on any atom is 0.327 e. The predicted molar refractivity (Wildman–Crippen MR) is 70.5 cm³/mol. The van der Waals surface area contributed by atoms with Crippen molar-refractivity contribution in [2.75, 3.05) is 5.75 Å². The summed E-state index contributed by atoms with van der Waals surface area (Å²) in [5.41, 5.74) is 0. The molecular weight excluding hydrogens is 290 g/mol. The zero-order valence-corrected chi connectivity index (χ0v) is 12.1. The number of hydrogen-bond acceptors (Lipinski definition) is 5. The number of carbonyl (C=O) groups is 4. The zero-order valence-electron chi connectivity index (χ0n) is 11.2. The second kappa shape index (κ2) is 7.13. The summed E-state index contributed by atoms with van der Waals surface area (Å²) in [4.78, 5) is 44.0. The number of carboxylic acids is 3. The van der Waals surface area contributed by atoms with Gasteiger partial charge in [-0.1, -0.05) is 0 Å². The van der Waals surface area contributed by atoms with Gasteiger partial charge in [-0.2, -0.15) is 0 Å². The molecule has 0 heterocycles. The average Bonchev–Trinajstić information content (AvgIpc) is 2.31. The molecule has 9 heteroatoms. The number of hydrogen-bond donors (Lipinski definition) is 4. The lowest BCUT2D eigenvalue weighted by atomic mass is 9.95. The van der Waals surface area contributed by atoms with E-state index < -0.39 is 40.5 Å². The van der Waals surface area contributed by atoms with Crippen LogP contribution in [0.3, 0.4) is 0 Å². The molecule has 0 radical (unpaired) electrons. The Morgan fingerprint density at radius 1 is 1.15 bits per heavy atom. The first kappa shape index (κ1) is 18.2. The van der Waals surface area contributed by atoms with Gasteiger partial charge >= 0.3 is 17.9 Å². The van der Waals surface area contributed by atoms with E-state index in [4.69, 9.17) is 15.3 Å². The lowest BCUT2D eigenvalue weighted by Gasteiger charge is -2.29. The van der Waals surface area contributed by atoms with Crippen LogP contribution in [0.1, 0.15) is 20.8 Å². The minimum atomic E-state index is -1.70. The van der Waals surface area contributed by atoms with Gasteiger partial charge in [-0.15, -0.1) is 11.8 Å². The molecule has 20 heavy (non-hydrogen) atoms. The highest BCUT2D eigenvalue weighted by molar-refractivity contribution is 8.01. The van der Waals surface area contributed by atoms with Gasteiger partial charge in [-0.3, -0.25) is 14.4 Å². The fourth-order valence-corrected chi connectivity index (χ4v) is 2.50. The standard InChI is InChI=1S/C11H17NO7S/c1-5(8(14)15)11(3,10(18)19)20-4-7(9(16)17)12-6(2)13/h5,7H,4H2,1-3H3,(H,12,13)(H,14,15)(H,16,17)(H,18,19)/t5?,7-,11?/m0/s1. The van der Waals surface area contributed by atoms with E-state index in [-0.39, 0.29) is 5.75 Å². The summed E-state index contributed by atoms with van der Waals surface area (Å²) in [7, 11) is 0. The summed E-state index contributed by atoms with van der Waals surface area (Å²) in [6.07, 6.45) is 0. The highest BCUT2D eigenvalue weighted by Crippen LogP contribution is 2.34. The van der Waals surface area contributed by atoms with Crippen LogP contribution in [0.5, 0.6) is 0 Å². The number of amides is 1. The van der Waals surface area contributed by atoms with Crippen molar-refractivity contribution < 1.29 is 34.5 Å². The number of thioether (sulfide) groups is 1. The Balaban J connectivity index is 5.01. The highest BCUT2D eigenvalue weighted by Gasteiger charge is 2.44. The Hall–Kier alpha value is -1.77. The smallest absolute Gasteiger partial charge is 0.327 e. The first-order chi connectivity index (χ1) is 9.02. The molecular formula is C11H17NO7S. The van der Waals surface area contributed by atoms with E-state index in [2.05, 4.69) is 5.32 Å². The number of rotatable bonds is 8. The fraction of sp³-hybridized carbons (Fsp3) is 0.636. The summed E-state index contributed by atoms with van der Waals surface area (Å²) < 4.78 is -1.70. The molecule has 2 unspecified atom stereocenters. The predicted octanol–water partition coefficient (Wildman–Crippen LogP) is -0.127. The van der Waals surface area contributed by atoms with E-state index in [1.807, 2.05) is 0 Å². The largest absolute Gasteiger partial charge is 0.481 e. The average molecular weight is 307 g/mol. The topological polar surface area (TPSA) is 141 Å². The SMILES string of the molecule is CC(=O)N[C@@H](CSC(C)(C(=O)O)C(C)C(=O)O)C(=O)O. The van der Waals surface area contributed by atoms with Crippen LogP contribution in [0.15, 0.2) is 0 Å². The molecule has 0 aromatic heterocycles. The quantitative estimate of drug-likeness (QED) is 0.486. The monoisotopic (exact) mass is 307 g/mol. The van der Waals surface area contributed by atoms with Crippen molar-refractivity contribution in [3.63, 3.8) is 0 Å². The lowest BCUT2D eigenvalue weighted by molar-refractivity contribution is -0.150. The van der Waals surface area contributed by atoms with Crippen LogP contribution in [-0.4, -0.2) is 55.7 Å². The highest BCUT2D eigenvalue weighted by atomic mass is 32.2. The van der Waals surface area contributed by atoms with Crippen LogP contribution in [-0.2, 0) is 19.2 Å². The van der Waals surface area contributed by atoms with E-state index in [0.717, 1.165) is 6.92 Å². The molecule has 0 aromatic rings. The maximum absolute atomic E-state index is 11.3. The van der Waals surface area contributed by atoms with Crippen LogP contribution in [0.25, 0.3) is 0 Å². The zero-order chi connectivity index (χ0) is 16.1. The lowest BCUT2D eigenvalue weighted by Crippen LogP contribution is -2.46. The molecule has 4 N–H and O–H groups in total. The summed E-state index contributed by atoms with van der Waals surface area (Å²) >= 11 is 0.671. The molecule has 0 aliphatic rings. The van der Waals surface area contributed by atoms with Gasteiger partial charge in [0.1, 0.15) is 10.8 Å². The Morgan fingerprint density at radius 3 is 1.95 bits per heavy atom. The Kier molecular flexibility index (Phi) is 6.50. The van der Waals surface area contributed by atoms with Crippen LogP contribution in [0, 0.1) is 5.92 Å². The number of carboxylic acid groups (broad SMARTS) is 3. The third-order valence-corrected chi connectivity index (χ3v) is 4.47. The summed E-state index contributed by atoms with van der Waals surface area (Å²) in [6, 6.07) is -1.28. The first-order valence-corrected chi connectivity index (χ1v) is 6.61. The van der Waals surface area contributed by atoms with Gasteiger partial charge in [0.05, 0.1) is 5.92 Å². The fourth-order valence-electron chi connectivity index (χ4n) is 1.28. The van der Waals surface area contributed by atoms with Gasteiger partial charge in [0.15, 0.2) is 0 Å². The molecule has 0 fully saturated rings. The van der Waals surface area contributed by atoms with Gasteiger partial charge in [0.2, 0.25) is 5.91 Å². The van der Waals surface area contributed by atoms with E-state index in [9.17, 15) is 19.2 Å². The van der Waals surface area contributed by atoms with Crippen LogP contribution in [0.4, 0.5) is 0 Å². The Morgan fingerprint density at radius 2 is 1.65 bits per heavy atom. The van der Waals surface area contributed by atoms with Gasteiger partial charge in [-0.05, 0) is 13.8 Å². The first-order valence-electron chi connectivity index (χ1n) is 5.62. The molecule has 0 bridgehead atoms. The molecule has 0 saturated carbocycles. The summed E-state index contributed by atoms with van der Waals surface area (Å²) in [6.45, 7) is 3.58. The Bertz CT molecular complexity index is 425. The van der Waals surface area contributed by atoms with Crippen molar-refractivity contribution in [1.29, 1.82) is 0 Å². The van der Waals surface area contributed by atoms with E-state index in [1.165, 1.54) is 13.8 Å². The molecule has 0 aliphatic heterocycles. The molecule has 0 aliphatic carbocycles. The van der Waals surface area contributed by atoms with Gasteiger partial charge in [-0.25, -0.2) is 4.79 Å². The molecule has 0 saturated heterocycles. The molecule has 3 atom stereocenters. The van der Waals surface area contributed by atoms with Crippen molar-refractivity contribution in [2.45, 2.75) is 31.6 Å². The van der Waals surface area contributed by atoms with Crippen molar-refractivity contribution in [3.05, 3.63) is 0 Å². The van der Waals surface area contributed by atoms with Crippen molar-refractivity contribution in [2.24, 2.45) is 5.92 Å². The molecule has 0 spiro atoms. The summed E-state index contributed by atoms with van der Waals surface area (Å²) in [5.74, 6) is -6.02. The molecule has 0 aromatic carbocycles. The number of carbonyl (C=O) groups excluding carboxylic acids is 1. The molecule has 8 nitrogen and oxygen atoms in total. The van der Waals surface area contributed by atoms with Crippen molar-refractivity contribution in [3.8, 4) is 0 Å². The van der Waals surface area contributed by atoms with E-state index in [0.29, 0.717) is 11.8 Å². The van der Waals surface area contributed by atoms with Crippen molar-refractivity contribution >= 4 is 35.6 Å². The molecule has 0 rings (SSSR count). The van der Waals surface area contributed by atoms with E-state index in [1.54, 1.807) is 0 Å².